The Kier molecular flexibility index (Phi) is 15.5. The molecule has 0 aromatic heterocycles. The molecule has 0 nitrogen and oxygen atoms in total. The molecule has 2 rings (SSSR count). The number of rotatable bonds is 20. The van der Waals surface area contributed by atoms with Crippen LogP contribution in [0.4, 0.5) is 0 Å². The molecule has 0 spiro atoms. The molecule has 0 radical (unpaired) electrons. The fourth-order valence-corrected chi connectivity index (χ4v) is 21.1. The molecular weight excluding hydrogens is 544 g/mol. The Morgan fingerprint density at radius 3 is 1.37 bits per heavy atom. The van der Waals surface area contributed by atoms with Crippen molar-refractivity contribution < 1.29 is 16.6 Å². The second kappa shape index (κ2) is 17.2. The molecule has 0 heterocycles. The number of hydrogen-bond donors (Lipinski definition) is 0. The average molecular weight is 615 g/mol. The zero-order valence-electron chi connectivity index (χ0n) is 29.8. The van der Waals surface area contributed by atoms with Crippen LogP contribution in [0.3, 0.4) is 0 Å². The van der Waals surface area contributed by atoms with E-state index in [1.54, 1.807) is 21.9 Å². The Hall–Kier alpha value is -0.369. The van der Waals surface area contributed by atoms with Gasteiger partial charge in [0.15, 0.2) is 0 Å². The standard InChI is InChI=1S/C36H61Si.3CH3.Ti/c1-9-10-11-12-13-14-15-16-17-18-19-20-21-22-23-24-25-37(8,35-27-30(2)26-31(3)28-35)36(7)29-32(4)33(5)34(36)6;;;;/h26-28H,9-25H2,1-8H3;3*1H3;. The van der Waals surface area contributed by atoms with Crippen LogP contribution in [0.2, 0.25) is 33.3 Å². The fraction of sp³-hybridized carbons (Fsp3) is 0.744. The zero-order chi connectivity index (χ0) is 30.7. The summed E-state index contributed by atoms with van der Waals surface area (Å²) in [5.74, 6) is 0. The Labute approximate surface area is 263 Å². The van der Waals surface area contributed by atoms with Gasteiger partial charge in [-0.2, -0.15) is 0 Å². The number of allylic oxidation sites excluding steroid dienone is 4. The van der Waals surface area contributed by atoms with Gasteiger partial charge in [0.1, 0.15) is 0 Å². The zero-order valence-corrected chi connectivity index (χ0v) is 32.3. The summed E-state index contributed by atoms with van der Waals surface area (Å²) in [6.07, 6.45) is 23.1. The van der Waals surface area contributed by atoms with Gasteiger partial charge in [-0.15, -0.1) is 0 Å². The third kappa shape index (κ3) is 9.81. The molecule has 1 aromatic rings. The Balaban J connectivity index is 1.94. The second-order valence-corrected chi connectivity index (χ2v) is 27.9. The summed E-state index contributed by atoms with van der Waals surface area (Å²) >= 11 is -2.08. The van der Waals surface area contributed by atoms with Crippen molar-refractivity contribution >= 4 is 13.3 Å². The minimum atomic E-state index is -2.08. The molecule has 0 aliphatic heterocycles. The first-order valence-corrected chi connectivity index (χ1v) is 26.0. The minimum absolute atomic E-state index is 0.259. The van der Waals surface area contributed by atoms with Crippen molar-refractivity contribution in [3.63, 3.8) is 0 Å². The third-order valence-electron chi connectivity index (χ3n) is 11.0. The summed E-state index contributed by atoms with van der Waals surface area (Å²) in [7, 11) is -1.88. The second-order valence-electron chi connectivity index (χ2n) is 15.4. The van der Waals surface area contributed by atoms with Gasteiger partial charge in [-0.1, -0.05) is 58.3 Å². The van der Waals surface area contributed by atoms with E-state index < -0.39 is 24.7 Å². The van der Waals surface area contributed by atoms with Gasteiger partial charge in [0.25, 0.3) is 0 Å². The summed E-state index contributed by atoms with van der Waals surface area (Å²) in [5.41, 5.74) is 7.87. The summed E-state index contributed by atoms with van der Waals surface area (Å²) < 4.78 is 1.91. The molecule has 234 valence electrons. The first kappa shape index (κ1) is 36.8. The van der Waals surface area contributed by atoms with Crippen molar-refractivity contribution in [1.82, 2.24) is 0 Å². The first-order chi connectivity index (χ1) is 19.3. The van der Waals surface area contributed by atoms with E-state index in [2.05, 4.69) is 88.9 Å². The quantitative estimate of drug-likeness (QED) is 0.101. The van der Waals surface area contributed by atoms with Crippen molar-refractivity contribution in [2.45, 2.75) is 185 Å². The molecular formula is C39H70SiTi. The SMILES string of the molecule is CCCCCCCCCCCCCCCCCC[Si](C)(c1cc(C)cc(C)c1)C1(C)C(C)=C(C)C(C)=[C]1[Ti]([CH3])([CH3])[CH3]. The molecule has 0 fully saturated rings. The molecule has 0 saturated heterocycles. The van der Waals surface area contributed by atoms with Crippen molar-refractivity contribution in [3.05, 3.63) is 49.9 Å². The molecule has 41 heavy (non-hydrogen) atoms. The molecule has 2 atom stereocenters. The Bertz CT molecular complexity index is 989. The number of unbranched alkanes of at least 4 members (excludes halogenated alkanes) is 15. The normalized spacial score (nSPS) is 19.4. The molecule has 1 aliphatic carbocycles. The van der Waals surface area contributed by atoms with Gasteiger partial charge in [-0.25, -0.2) is 0 Å². The summed E-state index contributed by atoms with van der Waals surface area (Å²) in [4.78, 5) is 0. The van der Waals surface area contributed by atoms with Crippen molar-refractivity contribution in [2.24, 2.45) is 0 Å². The van der Waals surface area contributed by atoms with Crippen molar-refractivity contribution in [1.29, 1.82) is 0 Å². The van der Waals surface area contributed by atoms with E-state index in [-0.39, 0.29) is 5.04 Å². The maximum atomic E-state index is 2.77. The van der Waals surface area contributed by atoms with Crippen LogP contribution in [0, 0.1) is 13.8 Å². The van der Waals surface area contributed by atoms with Crippen LogP contribution in [-0.2, 0) is 16.6 Å². The number of hydrogen-bond acceptors (Lipinski definition) is 0. The topological polar surface area (TPSA) is 0 Å². The van der Waals surface area contributed by atoms with E-state index in [0.717, 1.165) is 0 Å². The number of benzene rings is 1. The molecule has 0 amide bonds. The van der Waals surface area contributed by atoms with Crippen LogP contribution in [0.15, 0.2) is 38.8 Å². The van der Waals surface area contributed by atoms with E-state index in [0.29, 0.717) is 0 Å². The Morgan fingerprint density at radius 1 is 0.585 bits per heavy atom. The molecule has 2 heteroatoms. The van der Waals surface area contributed by atoms with Crippen LogP contribution in [0.1, 0.15) is 148 Å². The predicted molar refractivity (Wildman–Crippen MR) is 189 cm³/mol. The van der Waals surface area contributed by atoms with Gasteiger partial charge < -0.3 is 0 Å². The summed E-state index contributed by atoms with van der Waals surface area (Å²) in [6.45, 7) is 19.8. The van der Waals surface area contributed by atoms with Gasteiger partial charge in [-0.05, 0) is 0 Å². The van der Waals surface area contributed by atoms with E-state index in [1.165, 1.54) is 120 Å². The maximum absolute atomic E-state index is 2.77. The molecule has 2 unspecified atom stereocenters. The van der Waals surface area contributed by atoms with E-state index in [9.17, 15) is 0 Å². The number of aryl methyl sites for hydroxylation is 2. The average Bonchev–Trinajstić information content (AvgIpc) is 3.08. The molecule has 0 bridgehead atoms. The van der Waals surface area contributed by atoms with E-state index >= 15 is 0 Å². The molecule has 1 aliphatic rings. The Morgan fingerprint density at radius 2 is 0.976 bits per heavy atom. The first-order valence-electron chi connectivity index (χ1n) is 17.8. The molecule has 0 saturated carbocycles. The van der Waals surface area contributed by atoms with Gasteiger partial charge in [-0.3, -0.25) is 0 Å². The van der Waals surface area contributed by atoms with Gasteiger partial charge in [0.2, 0.25) is 0 Å². The summed E-state index contributed by atoms with van der Waals surface area (Å²) in [5, 5.41) is 9.91. The fourth-order valence-electron chi connectivity index (χ4n) is 8.41. The van der Waals surface area contributed by atoms with Crippen LogP contribution in [0.5, 0.6) is 0 Å². The summed E-state index contributed by atoms with van der Waals surface area (Å²) in [6, 6.07) is 8.97. The predicted octanol–water partition coefficient (Wildman–Crippen LogP) is 13.5. The monoisotopic (exact) mass is 614 g/mol. The van der Waals surface area contributed by atoms with Crippen LogP contribution < -0.4 is 5.19 Å². The van der Waals surface area contributed by atoms with E-state index in [4.69, 9.17) is 0 Å². The van der Waals surface area contributed by atoms with Gasteiger partial charge >= 0.3 is 206 Å². The molecule has 0 N–H and O–H groups in total. The van der Waals surface area contributed by atoms with E-state index in [1.807, 2.05) is 3.88 Å². The van der Waals surface area contributed by atoms with Crippen molar-refractivity contribution in [2.75, 3.05) is 0 Å². The van der Waals surface area contributed by atoms with Gasteiger partial charge in [0.05, 0.1) is 0 Å². The third-order valence-corrected chi connectivity index (χ3v) is 20.8. The van der Waals surface area contributed by atoms with Gasteiger partial charge in [0, 0.05) is 0 Å². The molecule has 1 aromatic carbocycles. The van der Waals surface area contributed by atoms with Crippen LogP contribution in [-0.4, -0.2) is 8.07 Å². The van der Waals surface area contributed by atoms with Crippen molar-refractivity contribution in [3.8, 4) is 0 Å². The van der Waals surface area contributed by atoms with Crippen LogP contribution >= 0.6 is 0 Å². The van der Waals surface area contributed by atoms with Crippen LogP contribution in [0.25, 0.3) is 0 Å².